The van der Waals surface area contributed by atoms with Gasteiger partial charge in [-0.3, -0.25) is 5.10 Å². The molecule has 0 amide bonds. The largest absolute Gasteiger partial charge is 0.276 e. The molecule has 0 saturated heterocycles. The van der Waals surface area contributed by atoms with Crippen molar-refractivity contribution in [1.82, 2.24) is 10.2 Å². The van der Waals surface area contributed by atoms with Gasteiger partial charge >= 0.3 is 0 Å². The number of hydrogen-bond donors (Lipinski definition) is 1. The Kier molecular flexibility index (Phi) is 2.05. The van der Waals surface area contributed by atoms with E-state index in [1.165, 1.54) is 17.5 Å². The second-order valence-electron chi connectivity index (χ2n) is 2.37. The maximum atomic E-state index is 8.74. The van der Waals surface area contributed by atoms with E-state index in [2.05, 4.69) is 16.3 Å². The van der Waals surface area contributed by atoms with Gasteiger partial charge in [-0.2, -0.15) is 10.4 Å². The number of halogens is 1. The standard InChI is InChI=1S/C8H4ClN3S/c9-7-2-1-6(13-7)8-5(3-10)4-11-12-8/h1-2,4H,(H,11,12). The monoisotopic (exact) mass is 209 g/mol. The van der Waals surface area contributed by atoms with Gasteiger partial charge < -0.3 is 0 Å². The van der Waals surface area contributed by atoms with Gasteiger partial charge in [0.05, 0.1) is 26.7 Å². The van der Waals surface area contributed by atoms with Crippen LogP contribution in [-0.2, 0) is 0 Å². The number of aromatic amines is 1. The van der Waals surface area contributed by atoms with Crippen LogP contribution in [-0.4, -0.2) is 10.2 Å². The van der Waals surface area contributed by atoms with Gasteiger partial charge in [0.2, 0.25) is 0 Å². The van der Waals surface area contributed by atoms with Crippen molar-refractivity contribution in [2.45, 2.75) is 0 Å². The lowest BCUT2D eigenvalue weighted by molar-refractivity contribution is 1.10. The van der Waals surface area contributed by atoms with Crippen molar-refractivity contribution in [3.8, 4) is 16.6 Å². The minimum Gasteiger partial charge on any atom is -0.276 e. The van der Waals surface area contributed by atoms with Crippen LogP contribution in [0, 0.1) is 11.3 Å². The number of aromatic nitrogens is 2. The van der Waals surface area contributed by atoms with E-state index in [0.717, 1.165) is 10.6 Å². The molecule has 0 bridgehead atoms. The molecular formula is C8H4ClN3S. The first kappa shape index (κ1) is 8.30. The van der Waals surface area contributed by atoms with E-state index >= 15 is 0 Å². The predicted octanol–water partition coefficient (Wildman–Crippen LogP) is 2.66. The molecule has 0 unspecified atom stereocenters. The van der Waals surface area contributed by atoms with Crippen molar-refractivity contribution in [3.05, 3.63) is 28.2 Å². The summed E-state index contributed by atoms with van der Waals surface area (Å²) in [7, 11) is 0. The molecule has 1 N–H and O–H groups in total. The van der Waals surface area contributed by atoms with Crippen LogP contribution in [0.1, 0.15) is 5.56 Å². The molecule has 13 heavy (non-hydrogen) atoms. The zero-order valence-electron chi connectivity index (χ0n) is 6.41. The number of thiophene rings is 1. The van der Waals surface area contributed by atoms with Crippen molar-refractivity contribution in [3.63, 3.8) is 0 Å². The highest BCUT2D eigenvalue weighted by atomic mass is 35.5. The van der Waals surface area contributed by atoms with Gasteiger partial charge in [0, 0.05) is 0 Å². The third kappa shape index (κ3) is 1.44. The number of rotatable bonds is 1. The van der Waals surface area contributed by atoms with Crippen LogP contribution in [0.4, 0.5) is 0 Å². The van der Waals surface area contributed by atoms with Crippen LogP contribution in [0.2, 0.25) is 4.34 Å². The second kappa shape index (κ2) is 3.21. The van der Waals surface area contributed by atoms with Gasteiger partial charge in [-0.25, -0.2) is 0 Å². The molecular weight excluding hydrogens is 206 g/mol. The van der Waals surface area contributed by atoms with Crippen LogP contribution in [0.15, 0.2) is 18.3 Å². The normalized spacial score (nSPS) is 9.85. The SMILES string of the molecule is N#Cc1cn[nH]c1-c1ccc(Cl)s1. The van der Waals surface area contributed by atoms with Crippen LogP contribution in [0.3, 0.4) is 0 Å². The fourth-order valence-corrected chi connectivity index (χ4v) is 2.06. The fourth-order valence-electron chi connectivity index (χ4n) is 1.01. The molecule has 0 radical (unpaired) electrons. The number of nitrogens with zero attached hydrogens (tertiary/aromatic N) is 2. The van der Waals surface area contributed by atoms with Crippen LogP contribution in [0.25, 0.3) is 10.6 Å². The third-order valence-electron chi connectivity index (χ3n) is 1.58. The van der Waals surface area contributed by atoms with E-state index in [9.17, 15) is 0 Å². The van der Waals surface area contributed by atoms with Crippen molar-refractivity contribution in [1.29, 1.82) is 5.26 Å². The summed E-state index contributed by atoms with van der Waals surface area (Å²) >= 11 is 7.19. The number of H-pyrrole nitrogens is 1. The summed E-state index contributed by atoms with van der Waals surface area (Å²) < 4.78 is 0.702. The summed E-state index contributed by atoms with van der Waals surface area (Å²) in [6.45, 7) is 0. The van der Waals surface area contributed by atoms with Crippen LogP contribution < -0.4 is 0 Å². The fraction of sp³-hybridized carbons (Fsp3) is 0. The minimum atomic E-state index is 0.540. The first-order valence-electron chi connectivity index (χ1n) is 3.50. The summed E-state index contributed by atoms with van der Waals surface area (Å²) in [5.74, 6) is 0. The van der Waals surface area contributed by atoms with Crippen LogP contribution >= 0.6 is 22.9 Å². The van der Waals surface area contributed by atoms with E-state index in [4.69, 9.17) is 16.9 Å². The van der Waals surface area contributed by atoms with Crippen molar-refractivity contribution >= 4 is 22.9 Å². The quantitative estimate of drug-likeness (QED) is 0.785. The van der Waals surface area contributed by atoms with Crippen molar-refractivity contribution < 1.29 is 0 Å². The zero-order valence-corrected chi connectivity index (χ0v) is 7.99. The molecule has 64 valence electrons. The summed E-state index contributed by atoms with van der Waals surface area (Å²) in [5, 5.41) is 15.3. The number of hydrogen-bond acceptors (Lipinski definition) is 3. The van der Waals surface area contributed by atoms with Gasteiger partial charge in [-0.1, -0.05) is 11.6 Å². The smallest absolute Gasteiger partial charge is 0.103 e. The summed E-state index contributed by atoms with van der Waals surface area (Å²) in [6, 6.07) is 5.71. The summed E-state index contributed by atoms with van der Waals surface area (Å²) in [4.78, 5) is 0.930. The Morgan fingerprint density at radius 1 is 1.54 bits per heavy atom. The molecule has 2 aromatic rings. The molecule has 0 aliphatic heterocycles. The highest BCUT2D eigenvalue weighted by Crippen LogP contribution is 2.31. The van der Waals surface area contributed by atoms with Crippen molar-refractivity contribution in [2.24, 2.45) is 0 Å². The Morgan fingerprint density at radius 2 is 2.38 bits per heavy atom. The molecule has 2 rings (SSSR count). The average molecular weight is 210 g/mol. The minimum absolute atomic E-state index is 0.540. The molecule has 2 heterocycles. The first-order chi connectivity index (χ1) is 6.31. The van der Waals surface area contributed by atoms with Gasteiger partial charge in [0.1, 0.15) is 6.07 Å². The first-order valence-corrected chi connectivity index (χ1v) is 4.70. The molecule has 5 heteroatoms. The molecule has 3 nitrogen and oxygen atoms in total. The van der Waals surface area contributed by atoms with Gasteiger partial charge in [-0.15, -0.1) is 11.3 Å². The maximum Gasteiger partial charge on any atom is 0.103 e. The number of nitriles is 1. The van der Waals surface area contributed by atoms with Gasteiger partial charge in [0.15, 0.2) is 0 Å². The predicted molar refractivity (Wildman–Crippen MR) is 51.6 cm³/mol. The van der Waals surface area contributed by atoms with E-state index < -0.39 is 0 Å². The molecule has 0 atom stereocenters. The van der Waals surface area contributed by atoms with Gasteiger partial charge in [0.25, 0.3) is 0 Å². The lowest BCUT2D eigenvalue weighted by atomic mass is 10.2. The molecule has 0 aliphatic rings. The Morgan fingerprint density at radius 3 is 3.00 bits per heavy atom. The highest BCUT2D eigenvalue weighted by molar-refractivity contribution is 7.19. The van der Waals surface area contributed by atoms with Crippen molar-refractivity contribution in [2.75, 3.05) is 0 Å². The lowest BCUT2D eigenvalue weighted by Crippen LogP contribution is -1.75. The van der Waals surface area contributed by atoms with E-state index in [0.29, 0.717) is 9.90 Å². The Hall–Kier alpha value is -1.31. The Balaban J connectivity index is 2.53. The highest BCUT2D eigenvalue weighted by Gasteiger charge is 2.08. The summed E-state index contributed by atoms with van der Waals surface area (Å²) in [5.41, 5.74) is 1.28. The molecule has 0 fully saturated rings. The van der Waals surface area contributed by atoms with E-state index in [1.807, 2.05) is 6.07 Å². The maximum absolute atomic E-state index is 8.74. The second-order valence-corrected chi connectivity index (χ2v) is 4.09. The summed E-state index contributed by atoms with van der Waals surface area (Å²) in [6.07, 6.45) is 1.50. The Bertz CT molecular complexity index is 466. The molecule has 0 aromatic carbocycles. The van der Waals surface area contributed by atoms with E-state index in [1.54, 1.807) is 6.07 Å². The van der Waals surface area contributed by atoms with E-state index in [-0.39, 0.29) is 0 Å². The topological polar surface area (TPSA) is 52.5 Å². The molecule has 0 aliphatic carbocycles. The van der Waals surface area contributed by atoms with Gasteiger partial charge in [-0.05, 0) is 12.1 Å². The average Bonchev–Trinajstić information content (AvgIpc) is 2.71. The Labute approximate surface area is 83.6 Å². The molecule has 2 aromatic heterocycles. The lowest BCUT2D eigenvalue weighted by Gasteiger charge is -1.89. The van der Waals surface area contributed by atoms with Crippen LogP contribution in [0.5, 0.6) is 0 Å². The third-order valence-corrected chi connectivity index (χ3v) is 2.83. The molecule has 0 saturated carbocycles. The zero-order chi connectivity index (χ0) is 9.26. The number of nitrogens with one attached hydrogen (secondary N) is 1. The molecule has 0 spiro atoms.